The molecule has 2 aliphatic carbocycles. The van der Waals surface area contributed by atoms with Crippen molar-refractivity contribution in [2.75, 3.05) is 13.2 Å². The van der Waals surface area contributed by atoms with E-state index in [1.165, 1.54) is 12.1 Å². The third-order valence-electron chi connectivity index (χ3n) is 12.8. The largest absolute Gasteiger partial charge is 0.481 e. The van der Waals surface area contributed by atoms with E-state index in [9.17, 15) is 28.0 Å². The number of benzene rings is 2. The molecule has 19 heteroatoms. The molecule has 0 unspecified atom stereocenters. The van der Waals surface area contributed by atoms with Gasteiger partial charge in [0, 0.05) is 73.0 Å². The molecule has 6 aromatic rings. The molecule has 4 aromatic heterocycles. The summed E-state index contributed by atoms with van der Waals surface area (Å²) in [6, 6.07) is 16.5. The number of carboxylic acids is 1. The SMILES string of the molecule is CCOC(=O)C1(O)CC1.CCOC(=O)C1(OC(=O)CC[C@@H]2N=C(c3ccccn3)c3cc(F)c(C)cc3-n3c(C)cnc32)CC1.Cc1cc2c(cc1F)C(c1ccccn1)=N[C@@H](CCC(=O)O)c1ncc(C)n1-2. The van der Waals surface area contributed by atoms with Crippen molar-refractivity contribution in [3.8, 4) is 11.4 Å². The molecule has 0 bridgehead atoms. The number of imidazole rings is 2. The number of aliphatic hydroxyl groups is 1. The lowest BCUT2D eigenvalue weighted by Gasteiger charge is -2.17. The Balaban J connectivity index is 0.000000170. The number of carbonyl (C=O) groups is 4. The number of fused-ring (bicyclic) bond motifs is 6. The van der Waals surface area contributed by atoms with Crippen LogP contribution in [-0.2, 0) is 33.4 Å². The van der Waals surface area contributed by atoms with Gasteiger partial charge < -0.3 is 24.4 Å². The zero-order valence-electron chi connectivity index (χ0n) is 41.4. The predicted molar refractivity (Wildman–Crippen MR) is 263 cm³/mol. The summed E-state index contributed by atoms with van der Waals surface area (Å²) in [4.78, 5) is 74.5. The summed E-state index contributed by atoms with van der Waals surface area (Å²) >= 11 is 0. The number of hydrogen-bond donors (Lipinski definition) is 2. The molecule has 0 radical (unpaired) electrons. The molecule has 6 heterocycles. The van der Waals surface area contributed by atoms with Crippen molar-refractivity contribution in [3.05, 3.63) is 154 Å². The number of pyridine rings is 2. The van der Waals surface area contributed by atoms with Crippen LogP contribution in [0.4, 0.5) is 8.78 Å². The highest BCUT2D eigenvalue weighted by molar-refractivity contribution is 6.15. The van der Waals surface area contributed by atoms with Crippen LogP contribution in [0.5, 0.6) is 0 Å². The highest BCUT2D eigenvalue weighted by atomic mass is 19.1. The number of aryl methyl sites for hydroxylation is 4. The van der Waals surface area contributed by atoms with Gasteiger partial charge in [-0.1, -0.05) is 12.1 Å². The molecule has 4 aliphatic rings. The maximum Gasteiger partial charge on any atom is 0.350 e. The van der Waals surface area contributed by atoms with Crippen LogP contribution in [0.3, 0.4) is 0 Å². The van der Waals surface area contributed by atoms with E-state index in [-0.39, 0.29) is 37.5 Å². The Morgan fingerprint density at radius 1 is 0.658 bits per heavy atom. The van der Waals surface area contributed by atoms with Crippen LogP contribution in [-0.4, -0.2) is 99.0 Å². The van der Waals surface area contributed by atoms with Gasteiger partial charge in [0.2, 0.25) is 5.60 Å². The summed E-state index contributed by atoms with van der Waals surface area (Å²) in [6.07, 6.45) is 9.41. The average Bonchev–Trinajstić information content (AvgIpc) is 4.27. The van der Waals surface area contributed by atoms with Gasteiger partial charge in [-0.2, -0.15) is 0 Å². The first-order valence-corrected chi connectivity index (χ1v) is 24.2. The summed E-state index contributed by atoms with van der Waals surface area (Å²) in [5.41, 5.74) is 5.51. The molecule has 73 heavy (non-hydrogen) atoms. The number of ether oxygens (including phenoxy) is 3. The van der Waals surface area contributed by atoms with Gasteiger partial charge in [-0.05, 0) is 127 Å². The van der Waals surface area contributed by atoms with Crippen molar-refractivity contribution >= 4 is 35.3 Å². The van der Waals surface area contributed by atoms with E-state index in [4.69, 9.17) is 29.7 Å². The van der Waals surface area contributed by atoms with Crippen LogP contribution in [0.1, 0.15) is 134 Å². The second kappa shape index (κ2) is 21.5. The molecule has 2 aliphatic heterocycles. The van der Waals surface area contributed by atoms with E-state index in [0.717, 1.165) is 22.8 Å². The van der Waals surface area contributed by atoms with Crippen LogP contribution in [0.25, 0.3) is 11.4 Å². The van der Waals surface area contributed by atoms with E-state index in [2.05, 4.69) is 24.7 Å². The Bertz CT molecular complexity index is 3130. The average molecular weight is 999 g/mol. The number of aliphatic imine (C=N–C) groups is 2. The topological polar surface area (TPSA) is 223 Å². The van der Waals surface area contributed by atoms with Gasteiger partial charge in [-0.25, -0.2) is 28.3 Å². The lowest BCUT2D eigenvalue weighted by molar-refractivity contribution is -0.171. The first kappa shape index (κ1) is 51.6. The molecule has 17 nitrogen and oxygen atoms in total. The number of aliphatic carboxylic acids is 1. The second-order valence-corrected chi connectivity index (χ2v) is 18.3. The first-order chi connectivity index (χ1) is 35.0. The molecular formula is C54H56F2N8O9. The van der Waals surface area contributed by atoms with Gasteiger partial charge in [0.25, 0.3) is 0 Å². The summed E-state index contributed by atoms with van der Waals surface area (Å²) in [5.74, 6) is -1.73. The zero-order chi connectivity index (χ0) is 52.2. The maximum absolute atomic E-state index is 14.8. The minimum atomic E-state index is -1.15. The normalized spacial score (nSPS) is 17.1. The van der Waals surface area contributed by atoms with Crippen LogP contribution in [0, 0.1) is 39.3 Å². The molecule has 2 fully saturated rings. The van der Waals surface area contributed by atoms with Gasteiger partial charge in [-0.15, -0.1) is 0 Å². The number of hydrogen-bond acceptors (Lipinski definition) is 14. The van der Waals surface area contributed by atoms with Crippen molar-refractivity contribution < 1.29 is 52.4 Å². The van der Waals surface area contributed by atoms with Gasteiger partial charge >= 0.3 is 23.9 Å². The molecule has 2 aromatic carbocycles. The van der Waals surface area contributed by atoms with Crippen molar-refractivity contribution in [1.82, 2.24) is 29.1 Å². The molecule has 0 amide bonds. The smallest absolute Gasteiger partial charge is 0.350 e. The quantitative estimate of drug-likeness (QED) is 0.0824. The Kier molecular flexibility index (Phi) is 15.2. The number of aromatic nitrogens is 6. The van der Waals surface area contributed by atoms with Gasteiger partial charge in [-0.3, -0.25) is 38.7 Å². The standard InChI is InChI=1S/C27H27FN4O4.C21H19FN4O2.C6H10O3/c1-4-35-26(34)27(10-11-27)36-23(33)9-8-21-25-30-15-17(3)32(25)22-13-16(2)19(28)14-18(22)24(31-21)20-7-5-6-12-29-20;1-12-9-18-14(10-15(12)22)20(16-5-3-4-8-23-16)25-17(6-7-19(27)28)21-24-11-13(2)26(18)21;1-2-9-5(7)6(8)3-4-6/h5-7,12-15,21H,4,8-11H2,1-3H3;3-5,8-11,17H,6-7H2,1-2H3,(H,27,28);8H,2-4H2,1H3/t21-;17-;/m00./s1. The fourth-order valence-corrected chi connectivity index (χ4v) is 8.55. The van der Waals surface area contributed by atoms with Crippen molar-refractivity contribution in [2.24, 2.45) is 9.98 Å². The van der Waals surface area contributed by atoms with E-state index >= 15 is 0 Å². The van der Waals surface area contributed by atoms with E-state index in [1.54, 1.807) is 76.7 Å². The molecule has 2 atom stereocenters. The third kappa shape index (κ3) is 11.2. The summed E-state index contributed by atoms with van der Waals surface area (Å²) in [6.45, 7) is 11.3. The Morgan fingerprint density at radius 2 is 1.12 bits per heavy atom. The fraction of sp³-hybridized carbons (Fsp3) is 0.370. The third-order valence-corrected chi connectivity index (χ3v) is 12.8. The fourth-order valence-electron chi connectivity index (χ4n) is 8.55. The van der Waals surface area contributed by atoms with E-state index in [0.29, 0.717) is 95.4 Å². The zero-order valence-corrected chi connectivity index (χ0v) is 41.4. The molecule has 2 saturated carbocycles. The summed E-state index contributed by atoms with van der Waals surface area (Å²) in [5, 5.41) is 18.2. The number of esters is 3. The number of carbonyl (C=O) groups excluding carboxylic acids is 3. The molecular weight excluding hydrogens is 943 g/mol. The number of carboxylic acid groups (broad SMARTS) is 1. The molecule has 2 N–H and O–H groups in total. The maximum atomic E-state index is 14.8. The first-order valence-electron chi connectivity index (χ1n) is 24.2. The lowest BCUT2D eigenvalue weighted by Crippen LogP contribution is -2.31. The molecule has 10 rings (SSSR count). The van der Waals surface area contributed by atoms with Gasteiger partial charge in [0.15, 0.2) is 5.60 Å². The van der Waals surface area contributed by atoms with Crippen molar-refractivity contribution in [2.45, 2.75) is 116 Å². The summed E-state index contributed by atoms with van der Waals surface area (Å²) < 4.78 is 48.3. The van der Waals surface area contributed by atoms with E-state index in [1.807, 2.05) is 47.2 Å². The predicted octanol–water partition coefficient (Wildman–Crippen LogP) is 8.19. The lowest BCUT2D eigenvalue weighted by atomic mass is 10.0. The van der Waals surface area contributed by atoms with Crippen LogP contribution in [0.15, 0.2) is 95.4 Å². The van der Waals surface area contributed by atoms with Crippen LogP contribution >= 0.6 is 0 Å². The van der Waals surface area contributed by atoms with Crippen molar-refractivity contribution in [1.29, 1.82) is 0 Å². The molecule has 380 valence electrons. The van der Waals surface area contributed by atoms with Crippen molar-refractivity contribution in [3.63, 3.8) is 0 Å². The van der Waals surface area contributed by atoms with Gasteiger partial charge in [0.1, 0.15) is 35.4 Å². The number of rotatable bonds is 13. The van der Waals surface area contributed by atoms with E-state index < -0.39 is 47.2 Å². The van der Waals surface area contributed by atoms with Crippen LogP contribution < -0.4 is 0 Å². The highest BCUT2D eigenvalue weighted by Gasteiger charge is 2.55. The number of halogens is 2. The Hall–Kier alpha value is -7.80. The highest BCUT2D eigenvalue weighted by Crippen LogP contribution is 2.42. The van der Waals surface area contributed by atoms with Gasteiger partial charge in [0.05, 0.1) is 47.4 Å². The molecule has 0 spiro atoms. The Morgan fingerprint density at radius 3 is 1.53 bits per heavy atom. The minimum Gasteiger partial charge on any atom is -0.481 e. The second-order valence-electron chi connectivity index (χ2n) is 18.3. The minimum absolute atomic E-state index is 0.0282. The Labute approximate surface area is 420 Å². The van der Waals surface area contributed by atoms with Crippen LogP contribution in [0.2, 0.25) is 0 Å². The number of nitrogens with zero attached hydrogens (tertiary/aromatic N) is 8. The molecule has 0 saturated heterocycles. The monoisotopic (exact) mass is 998 g/mol. The summed E-state index contributed by atoms with van der Waals surface area (Å²) in [7, 11) is 0.